The average Bonchev–Trinajstić information content (AvgIpc) is 3.49. The number of aromatic nitrogens is 2. The molecule has 6 rings (SSSR count). The standard InChI is InChI=1S/C33H26N4O3S/c1-3-40-32(39)29-21(2)35-33-37(30(29)22-11-5-4-6-12-22)31(38)28(41-33)17-25-20-36(27-16-10-9-15-26(25)27)19-24-14-8-7-13-23(24)18-34/h4-17,20,30H,3,19H2,1-2H3/b28-17+/t30-/m0/s1. The lowest BCUT2D eigenvalue weighted by molar-refractivity contribution is -0.139. The molecular formula is C33H26N4O3S. The summed E-state index contributed by atoms with van der Waals surface area (Å²) in [4.78, 5) is 32.3. The van der Waals surface area contributed by atoms with Gasteiger partial charge in [0.05, 0.1) is 40.1 Å². The molecule has 2 aromatic heterocycles. The van der Waals surface area contributed by atoms with Gasteiger partial charge in [0, 0.05) is 29.2 Å². The molecule has 3 heterocycles. The molecule has 0 saturated carbocycles. The molecule has 1 atom stereocenters. The van der Waals surface area contributed by atoms with Crippen molar-refractivity contribution in [1.82, 2.24) is 9.13 Å². The van der Waals surface area contributed by atoms with E-state index in [2.05, 4.69) is 15.6 Å². The molecule has 0 N–H and O–H groups in total. The number of esters is 1. The Hall–Kier alpha value is -5.00. The van der Waals surface area contributed by atoms with E-state index >= 15 is 0 Å². The number of rotatable bonds is 6. The van der Waals surface area contributed by atoms with Crippen molar-refractivity contribution in [3.63, 3.8) is 0 Å². The van der Waals surface area contributed by atoms with Gasteiger partial charge < -0.3 is 9.30 Å². The Kier molecular flexibility index (Phi) is 6.96. The van der Waals surface area contributed by atoms with Gasteiger partial charge in [-0.15, -0.1) is 0 Å². The number of carbonyl (C=O) groups is 1. The molecule has 0 saturated heterocycles. The topological polar surface area (TPSA) is 89.4 Å². The Bertz CT molecular complexity index is 2060. The number of hydrogen-bond acceptors (Lipinski definition) is 6. The van der Waals surface area contributed by atoms with Crippen molar-refractivity contribution < 1.29 is 9.53 Å². The first-order valence-electron chi connectivity index (χ1n) is 13.3. The van der Waals surface area contributed by atoms with Crippen LogP contribution in [0.2, 0.25) is 0 Å². The highest BCUT2D eigenvalue weighted by atomic mass is 32.1. The van der Waals surface area contributed by atoms with Gasteiger partial charge in [0.2, 0.25) is 0 Å². The summed E-state index contributed by atoms with van der Waals surface area (Å²) >= 11 is 1.30. The van der Waals surface area contributed by atoms with Crippen molar-refractivity contribution in [1.29, 1.82) is 5.26 Å². The van der Waals surface area contributed by atoms with Crippen molar-refractivity contribution >= 4 is 34.3 Å². The fraction of sp³-hybridized carbons (Fsp3) is 0.152. The lowest BCUT2D eigenvalue weighted by atomic mass is 9.96. The van der Waals surface area contributed by atoms with E-state index in [9.17, 15) is 14.9 Å². The molecule has 1 aliphatic heterocycles. The molecule has 202 valence electrons. The van der Waals surface area contributed by atoms with Crippen LogP contribution in [0.3, 0.4) is 0 Å². The van der Waals surface area contributed by atoms with Gasteiger partial charge in [0.25, 0.3) is 5.56 Å². The van der Waals surface area contributed by atoms with E-state index in [1.165, 1.54) is 11.3 Å². The first-order chi connectivity index (χ1) is 20.0. The molecule has 0 fully saturated rings. The van der Waals surface area contributed by atoms with Gasteiger partial charge in [-0.05, 0) is 43.2 Å². The number of ether oxygens (including phenoxy) is 1. The molecule has 0 radical (unpaired) electrons. The maximum Gasteiger partial charge on any atom is 0.338 e. The van der Waals surface area contributed by atoms with Gasteiger partial charge in [-0.3, -0.25) is 9.36 Å². The van der Waals surface area contributed by atoms with Crippen molar-refractivity contribution in [2.45, 2.75) is 26.4 Å². The number of para-hydroxylation sites is 1. The minimum absolute atomic E-state index is 0.219. The number of hydrogen-bond donors (Lipinski definition) is 0. The van der Waals surface area contributed by atoms with Crippen LogP contribution in [0.1, 0.15) is 42.1 Å². The Labute approximate surface area is 240 Å². The van der Waals surface area contributed by atoms with E-state index in [0.29, 0.717) is 32.7 Å². The van der Waals surface area contributed by atoms with Gasteiger partial charge >= 0.3 is 5.97 Å². The molecule has 0 spiro atoms. The summed E-state index contributed by atoms with van der Waals surface area (Å²) in [6, 6.07) is 26.7. The second-order valence-corrected chi connectivity index (χ2v) is 10.7. The largest absolute Gasteiger partial charge is 0.463 e. The van der Waals surface area contributed by atoms with E-state index in [0.717, 1.165) is 27.6 Å². The zero-order chi connectivity index (χ0) is 28.5. The van der Waals surface area contributed by atoms with Crippen LogP contribution in [0, 0.1) is 11.3 Å². The molecule has 8 heteroatoms. The number of thiazole rings is 1. The fourth-order valence-electron chi connectivity index (χ4n) is 5.36. The van der Waals surface area contributed by atoms with Crippen LogP contribution >= 0.6 is 11.3 Å². The van der Waals surface area contributed by atoms with Gasteiger partial charge in [0.15, 0.2) is 4.80 Å². The average molecular weight is 559 g/mol. The smallest absolute Gasteiger partial charge is 0.338 e. The van der Waals surface area contributed by atoms with Crippen molar-refractivity contribution in [3.8, 4) is 6.07 Å². The molecule has 41 heavy (non-hydrogen) atoms. The fourth-order valence-corrected chi connectivity index (χ4v) is 6.39. The second kappa shape index (κ2) is 10.9. The summed E-state index contributed by atoms with van der Waals surface area (Å²) in [5.41, 5.74) is 4.94. The minimum Gasteiger partial charge on any atom is -0.463 e. The number of carbonyl (C=O) groups excluding carboxylic acids is 1. The van der Waals surface area contributed by atoms with Crippen molar-refractivity contribution in [2.75, 3.05) is 6.61 Å². The van der Waals surface area contributed by atoms with Crippen LogP contribution in [0.4, 0.5) is 0 Å². The maximum absolute atomic E-state index is 14.0. The lowest BCUT2D eigenvalue weighted by Crippen LogP contribution is -2.39. The maximum atomic E-state index is 14.0. The first-order valence-corrected chi connectivity index (χ1v) is 14.1. The summed E-state index contributed by atoms with van der Waals surface area (Å²) < 4.78 is 9.60. The summed E-state index contributed by atoms with van der Waals surface area (Å²) in [6.45, 7) is 4.29. The summed E-state index contributed by atoms with van der Waals surface area (Å²) in [5, 5.41) is 10.6. The molecule has 0 aliphatic carbocycles. The molecule has 7 nitrogen and oxygen atoms in total. The third-order valence-electron chi connectivity index (χ3n) is 7.22. The van der Waals surface area contributed by atoms with E-state index in [1.807, 2.05) is 91.1 Å². The molecule has 1 aliphatic rings. The summed E-state index contributed by atoms with van der Waals surface area (Å²) in [5.74, 6) is -0.474. The normalized spacial score (nSPS) is 15.0. The van der Waals surface area contributed by atoms with Gasteiger partial charge in [-0.1, -0.05) is 78.1 Å². The SMILES string of the molecule is CCOC(=O)C1=C(C)N=c2s/c(=C/c3cn(Cc4ccccc4C#N)c4ccccc34)c(=O)n2[C@H]1c1ccccc1. The number of nitrogens with zero attached hydrogens (tertiary/aromatic N) is 4. The van der Waals surface area contributed by atoms with Crippen molar-refractivity contribution in [2.24, 2.45) is 4.99 Å². The Morgan fingerprint density at radius 1 is 1.07 bits per heavy atom. The molecule has 0 amide bonds. The predicted octanol–water partition coefficient (Wildman–Crippen LogP) is 4.67. The predicted molar refractivity (Wildman–Crippen MR) is 159 cm³/mol. The van der Waals surface area contributed by atoms with Crippen molar-refractivity contribution in [3.05, 3.63) is 138 Å². The molecule has 3 aromatic carbocycles. The van der Waals surface area contributed by atoms with E-state index in [-0.39, 0.29) is 12.2 Å². The third-order valence-corrected chi connectivity index (χ3v) is 8.20. The van der Waals surface area contributed by atoms with Gasteiger partial charge in [-0.25, -0.2) is 9.79 Å². The number of allylic oxidation sites excluding steroid dienone is 1. The Morgan fingerprint density at radius 2 is 1.80 bits per heavy atom. The van der Waals surface area contributed by atoms with Crippen LogP contribution in [0.5, 0.6) is 0 Å². The molecule has 0 unspecified atom stereocenters. The third kappa shape index (κ3) is 4.71. The summed E-state index contributed by atoms with van der Waals surface area (Å²) in [6.07, 6.45) is 3.91. The highest BCUT2D eigenvalue weighted by Crippen LogP contribution is 2.30. The monoisotopic (exact) mass is 558 g/mol. The van der Waals surface area contributed by atoms with E-state index in [1.54, 1.807) is 18.4 Å². The quantitative estimate of drug-likeness (QED) is 0.283. The molecule has 5 aromatic rings. The highest BCUT2D eigenvalue weighted by Gasteiger charge is 2.33. The van der Waals surface area contributed by atoms with E-state index < -0.39 is 12.0 Å². The Balaban J connectivity index is 1.52. The number of benzene rings is 3. The van der Waals surface area contributed by atoms with Crippen LogP contribution in [0.15, 0.2) is 106 Å². The zero-order valence-corrected chi connectivity index (χ0v) is 23.4. The molecular weight excluding hydrogens is 532 g/mol. The zero-order valence-electron chi connectivity index (χ0n) is 22.6. The lowest BCUT2D eigenvalue weighted by Gasteiger charge is -2.24. The Morgan fingerprint density at radius 3 is 2.59 bits per heavy atom. The molecule has 0 bridgehead atoms. The van der Waals surface area contributed by atoms with Gasteiger partial charge in [0.1, 0.15) is 0 Å². The first kappa shape index (κ1) is 26.2. The van der Waals surface area contributed by atoms with Crippen LogP contribution in [-0.2, 0) is 16.1 Å². The minimum atomic E-state index is -0.641. The van der Waals surface area contributed by atoms with Crippen LogP contribution < -0.4 is 14.9 Å². The van der Waals surface area contributed by atoms with Gasteiger partial charge in [-0.2, -0.15) is 5.26 Å². The second-order valence-electron chi connectivity index (χ2n) is 9.71. The van der Waals surface area contributed by atoms with E-state index in [4.69, 9.17) is 4.74 Å². The van der Waals surface area contributed by atoms with Crippen LogP contribution in [-0.4, -0.2) is 21.7 Å². The highest BCUT2D eigenvalue weighted by molar-refractivity contribution is 7.07. The number of nitriles is 1. The van der Waals surface area contributed by atoms with Crippen LogP contribution in [0.25, 0.3) is 17.0 Å². The summed E-state index contributed by atoms with van der Waals surface area (Å²) in [7, 11) is 0. The number of fused-ring (bicyclic) bond motifs is 2.